The van der Waals surface area contributed by atoms with Gasteiger partial charge in [-0.05, 0) is 65.7 Å². The van der Waals surface area contributed by atoms with E-state index in [1.54, 1.807) is 41.7 Å². The summed E-state index contributed by atoms with van der Waals surface area (Å²) in [6.07, 6.45) is -3.40. The minimum atomic E-state index is -1.90. The second-order valence-corrected chi connectivity index (χ2v) is 13.6. The second kappa shape index (κ2) is 13.9. The molecule has 0 spiro atoms. The van der Waals surface area contributed by atoms with Crippen LogP contribution in [0, 0.1) is 23.7 Å². The molecule has 0 aliphatic carbocycles. The molecule has 0 aromatic heterocycles. The van der Waals surface area contributed by atoms with Crippen LogP contribution >= 0.6 is 0 Å². The fourth-order valence-electron chi connectivity index (χ4n) is 6.89. The number of aliphatic hydroxyl groups is 3. The molecule has 10 heteroatoms. The number of aliphatic hydroxyl groups excluding tert-OH is 1. The number of cyclic esters (lactones) is 1. The van der Waals surface area contributed by atoms with E-state index >= 15 is 0 Å². The molecule has 2 heterocycles. The first-order valence-corrected chi connectivity index (χ1v) is 15.5. The van der Waals surface area contributed by atoms with Crippen LogP contribution in [0.5, 0.6) is 0 Å². The van der Waals surface area contributed by atoms with Crippen LogP contribution in [0.3, 0.4) is 0 Å². The number of rotatable bonds is 6. The Morgan fingerprint density at radius 3 is 2.00 bits per heavy atom. The Morgan fingerprint density at radius 2 is 1.50 bits per heavy atom. The van der Waals surface area contributed by atoms with Gasteiger partial charge in [0.25, 0.3) is 0 Å². The highest BCUT2D eigenvalue weighted by Gasteiger charge is 2.54. The van der Waals surface area contributed by atoms with Gasteiger partial charge in [-0.2, -0.15) is 0 Å². The van der Waals surface area contributed by atoms with Crippen LogP contribution in [-0.4, -0.2) is 94.4 Å². The van der Waals surface area contributed by atoms with E-state index in [9.17, 15) is 24.9 Å². The van der Waals surface area contributed by atoms with Crippen LogP contribution in [-0.2, 0) is 33.3 Å². The number of hydrogen-bond acceptors (Lipinski definition) is 10. The van der Waals surface area contributed by atoms with E-state index < -0.39 is 70.9 Å². The molecule has 0 unspecified atom stereocenters. The molecule has 42 heavy (non-hydrogen) atoms. The molecule has 0 bridgehead atoms. The van der Waals surface area contributed by atoms with Gasteiger partial charge in [0.2, 0.25) is 0 Å². The SMILES string of the molecule is CC[C@H]1OC(=O)[C@H](C)[C@@H](O[C@H]2C[C@@](C)(OC)[C@@H](O)[C@H](C)O2)[C@H](C)[C@@H](C)[C@](C)(OC)C[C@@H](C)C(=O)C[C@@](O)(CC)[C@]1(C)O. The van der Waals surface area contributed by atoms with E-state index in [0.29, 0.717) is 6.42 Å². The normalized spacial score (nSPS) is 48.4. The fourth-order valence-corrected chi connectivity index (χ4v) is 6.89. The van der Waals surface area contributed by atoms with Gasteiger partial charge < -0.3 is 39.0 Å². The van der Waals surface area contributed by atoms with Gasteiger partial charge in [-0.15, -0.1) is 0 Å². The number of ketones is 1. The van der Waals surface area contributed by atoms with Crippen molar-refractivity contribution in [1.29, 1.82) is 0 Å². The molecule has 0 aromatic carbocycles. The number of methoxy groups -OCH3 is 2. The van der Waals surface area contributed by atoms with Crippen molar-refractivity contribution in [3.8, 4) is 0 Å². The summed E-state index contributed by atoms with van der Waals surface area (Å²) in [5, 5.41) is 34.1. The monoisotopic (exact) mass is 602 g/mol. The van der Waals surface area contributed by atoms with Crippen molar-refractivity contribution in [3.63, 3.8) is 0 Å². The van der Waals surface area contributed by atoms with E-state index in [0.717, 1.165) is 0 Å². The summed E-state index contributed by atoms with van der Waals surface area (Å²) in [5.41, 5.74) is -5.43. The van der Waals surface area contributed by atoms with E-state index in [1.807, 2.05) is 27.7 Å². The van der Waals surface area contributed by atoms with Gasteiger partial charge in [-0.25, -0.2) is 0 Å². The van der Waals surface area contributed by atoms with Crippen molar-refractivity contribution in [2.75, 3.05) is 14.2 Å². The molecule has 0 radical (unpaired) electrons. The molecule has 246 valence electrons. The number of carbonyl (C=O) groups is 2. The molecule has 0 saturated carbocycles. The van der Waals surface area contributed by atoms with Crippen molar-refractivity contribution >= 4 is 11.8 Å². The third kappa shape index (κ3) is 7.22. The summed E-state index contributed by atoms with van der Waals surface area (Å²) in [6, 6.07) is 0. The Balaban J connectivity index is 2.62. The van der Waals surface area contributed by atoms with Crippen LogP contribution in [0.25, 0.3) is 0 Å². The van der Waals surface area contributed by atoms with Gasteiger partial charge in [0, 0.05) is 33.0 Å². The van der Waals surface area contributed by atoms with Crippen molar-refractivity contribution in [2.45, 2.75) is 154 Å². The molecule has 0 aromatic rings. The molecule has 2 saturated heterocycles. The number of hydrogen-bond donors (Lipinski definition) is 3. The minimum absolute atomic E-state index is 0.0874. The quantitative estimate of drug-likeness (QED) is 0.385. The van der Waals surface area contributed by atoms with Crippen LogP contribution < -0.4 is 0 Å². The average molecular weight is 603 g/mol. The average Bonchev–Trinajstić information content (AvgIpc) is 2.94. The molecule has 3 N–H and O–H groups in total. The zero-order chi connectivity index (χ0) is 32.4. The van der Waals surface area contributed by atoms with Crippen LogP contribution in [0.4, 0.5) is 0 Å². The minimum Gasteiger partial charge on any atom is -0.459 e. The van der Waals surface area contributed by atoms with Gasteiger partial charge in [0.05, 0.1) is 29.3 Å². The summed E-state index contributed by atoms with van der Waals surface area (Å²) in [4.78, 5) is 27.3. The Hall–Kier alpha value is -1.14. The molecule has 10 nitrogen and oxygen atoms in total. The Bertz CT molecular complexity index is 925. The lowest BCUT2D eigenvalue weighted by atomic mass is 9.69. The number of ether oxygens (including phenoxy) is 5. The predicted molar refractivity (Wildman–Crippen MR) is 158 cm³/mol. The lowest BCUT2D eigenvalue weighted by molar-refractivity contribution is -0.298. The lowest BCUT2D eigenvalue weighted by Gasteiger charge is -2.48. The van der Waals surface area contributed by atoms with E-state index in [-0.39, 0.29) is 43.3 Å². The highest BCUT2D eigenvalue weighted by atomic mass is 16.7. The zero-order valence-electron chi connectivity index (χ0n) is 27.9. The Labute approximate surface area is 252 Å². The van der Waals surface area contributed by atoms with Crippen LogP contribution in [0.15, 0.2) is 0 Å². The van der Waals surface area contributed by atoms with Gasteiger partial charge in [0.15, 0.2) is 6.29 Å². The number of Topliss-reactive ketones (excluding diaryl/α,β-unsaturated/α-hetero) is 1. The van der Waals surface area contributed by atoms with Gasteiger partial charge in [-0.1, -0.05) is 34.6 Å². The molecule has 2 aliphatic heterocycles. The molecule has 2 fully saturated rings. The van der Waals surface area contributed by atoms with Crippen molar-refractivity contribution in [1.82, 2.24) is 0 Å². The third-order valence-electron chi connectivity index (χ3n) is 10.9. The maximum absolute atomic E-state index is 13.8. The standard InChI is InChI=1S/C32H58O10/c1-13-24-31(10,36)32(37,14-2)16-23(33)18(3)15-29(8,38-11)21(6)19(4)26(20(5)28(35)41-24)42-25-17-30(9,39-12)27(34)22(7)40-25/h18-22,24-27,34,36-37H,13-17H2,1-12H3/t18-,19-,20-,21-,22+,24-,25+,26+,27+,29-,30-,31-,32+/m1/s1. The van der Waals surface area contributed by atoms with Crippen molar-refractivity contribution in [2.24, 2.45) is 23.7 Å². The molecule has 13 atom stereocenters. The maximum atomic E-state index is 13.8. The summed E-state index contributed by atoms with van der Waals surface area (Å²) >= 11 is 0. The third-order valence-corrected chi connectivity index (χ3v) is 10.9. The first-order chi connectivity index (χ1) is 19.3. The first-order valence-electron chi connectivity index (χ1n) is 15.5. The highest BCUT2D eigenvalue weighted by molar-refractivity contribution is 5.82. The molecular formula is C32H58O10. The maximum Gasteiger partial charge on any atom is 0.311 e. The molecule has 2 aliphatic rings. The second-order valence-electron chi connectivity index (χ2n) is 13.6. The molecule has 0 amide bonds. The summed E-state index contributed by atoms with van der Waals surface area (Å²) in [6.45, 7) is 17.9. The van der Waals surface area contributed by atoms with Gasteiger partial charge in [-0.3, -0.25) is 9.59 Å². The van der Waals surface area contributed by atoms with Crippen molar-refractivity contribution in [3.05, 3.63) is 0 Å². The lowest BCUT2D eigenvalue weighted by Crippen LogP contribution is -2.61. The van der Waals surface area contributed by atoms with E-state index in [2.05, 4.69) is 0 Å². The predicted octanol–water partition coefficient (Wildman–Crippen LogP) is 3.80. The largest absolute Gasteiger partial charge is 0.459 e. The fraction of sp³-hybridized carbons (Fsp3) is 0.938. The Morgan fingerprint density at radius 1 is 0.929 bits per heavy atom. The summed E-state index contributed by atoms with van der Waals surface area (Å²) in [7, 11) is 3.14. The summed E-state index contributed by atoms with van der Waals surface area (Å²) in [5.74, 6) is -2.56. The van der Waals surface area contributed by atoms with Crippen LogP contribution in [0.1, 0.15) is 101 Å². The van der Waals surface area contributed by atoms with Gasteiger partial charge in [0.1, 0.15) is 29.2 Å². The number of carbonyl (C=O) groups excluding carboxylic acids is 2. The van der Waals surface area contributed by atoms with Crippen LogP contribution in [0.2, 0.25) is 0 Å². The molecular weight excluding hydrogens is 544 g/mol. The summed E-state index contributed by atoms with van der Waals surface area (Å²) < 4.78 is 30.3. The Kier molecular flexibility index (Phi) is 12.2. The zero-order valence-corrected chi connectivity index (χ0v) is 27.9. The van der Waals surface area contributed by atoms with E-state index in [1.165, 1.54) is 14.0 Å². The smallest absolute Gasteiger partial charge is 0.311 e. The van der Waals surface area contributed by atoms with Crippen molar-refractivity contribution < 1.29 is 48.6 Å². The molecule has 2 rings (SSSR count). The topological polar surface area (TPSA) is 141 Å². The van der Waals surface area contributed by atoms with E-state index in [4.69, 9.17) is 23.7 Å². The number of esters is 1. The first kappa shape index (κ1) is 37.0. The highest BCUT2D eigenvalue weighted by Crippen LogP contribution is 2.42. The van der Waals surface area contributed by atoms with Gasteiger partial charge >= 0.3 is 5.97 Å².